The van der Waals surface area contributed by atoms with Crippen LogP contribution in [0.3, 0.4) is 0 Å². The second-order valence-electron chi connectivity index (χ2n) is 3.36. The third kappa shape index (κ3) is 4.49. The Balaban J connectivity index is 0. The molecular weight excluding hydrogens is 251 g/mol. The molecule has 1 aliphatic rings. The predicted molar refractivity (Wildman–Crippen MR) is 69.4 cm³/mol. The summed E-state index contributed by atoms with van der Waals surface area (Å²) in [4.78, 5) is 8.12. The smallest absolute Gasteiger partial charge is 0.220 e. The number of nitrogens with zero attached hydrogens (tertiary/aromatic N) is 2. The minimum absolute atomic E-state index is 0. The second kappa shape index (κ2) is 8.52. The Morgan fingerprint density at radius 2 is 1.88 bits per heavy atom. The first-order chi connectivity index (χ1) is 6.36. The highest BCUT2D eigenvalue weighted by Gasteiger charge is 2.16. The zero-order chi connectivity index (χ0) is 9.10. The van der Waals surface area contributed by atoms with Crippen LogP contribution in [0.4, 0.5) is 5.95 Å². The van der Waals surface area contributed by atoms with Gasteiger partial charge in [-0.05, 0) is 32.0 Å². The van der Waals surface area contributed by atoms with Crippen LogP contribution < -0.4 is 11.1 Å². The molecule has 0 bridgehead atoms. The Labute approximate surface area is 107 Å². The van der Waals surface area contributed by atoms with E-state index in [4.69, 9.17) is 5.73 Å². The number of rotatable bonds is 1. The summed E-state index contributed by atoms with van der Waals surface area (Å²) in [5, 5.41) is 3.32. The Morgan fingerprint density at radius 1 is 1.25 bits per heavy atom. The third-order valence-corrected chi connectivity index (χ3v) is 2.45. The standard InChI is InChI=1S/C9H14N4.2ClH.H2O/c10-9-12-6-3-8(13-9)7-1-4-11-5-2-7;;;/h3,6-7,11H,1-2,4-5H2,(H2,10,12,13);2*1H;1H2. The van der Waals surface area contributed by atoms with Crippen molar-refractivity contribution in [2.24, 2.45) is 0 Å². The first-order valence-corrected chi connectivity index (χ1v) is 4.65. The Hall–Kier alpha value is -0.620. The lowest BCUT2D eigenvalue weighted by molar-refractivity contribution is 0.453. The molecule has 7 heteroatoms. The summed E-state index contributed by atoms with van der Waals surface area (Å²) in [5.41, 5.74) is 6.62. The molecule has 5 nitrogen and oxygen atoms in total. The molecule has 0 spiro atoms. The van der Waals surface area contributed by atoms with Crippen LogP contribution in [0, 0.1) is 0 Å². The maximum atomic E-state index is 5.53. The number of anilines is 1. The lowest BCUT2D eigenvalue weighted by Gasteiger charge is -2.21. The summed E-state index contributed by atoms with van der Waals surface area (Å²) in [7, 11) is 0. The molecule has 1 aliphatic heterocycles. The van der Waals surface area contributed by atoms with E-state index in [2.05, 4.69) is 15.3 Å². The van der Waals surface area contributed by atoms with Crippen molar-refractivity contribution in [1.29, 1.82) is 0 Å². The van der Waals surface area contributed by atoms with E-state index in [0.717, 1.165) is 31.6 Å². The minimum atomic E-state index is 0. The number of aromatic nitrogens is 2. The molecule has 0 aromatic carbocycles. The van der Waals surface area contributed by atoms with E-state index < -0.39 is 0 Å². The molecule has 0 unspecified atom stereocenters. The Bertz CT molecular complexity index is 295. The van der Waals surface area contributed by atoms with Crippen LogP contribution in [0.5, 0.6) is 0 Å². The SMILES string of the molecule is Cl.Cl.Nc1nccc(C2CCNCC2)n1.O. The van der Waals surface area contributed by atoms with Gasteiger partial charge in [0.1, 0.15) is 0 Å². The Morgan fingerprint density at radius 3 is 2.44 bits per heavy atom. The topological polar surface area (TPSA) is 95.3 Å². The number of halogens is 2. The van der Waals surface area contributed by atoms with Gasteiger partial charge in [0.15, 0.2) is 0 Å². The zero-order valence-corrected chi connectivity index (χ0v) is 10.5. The average molecular weight is 269 g/mol. The predicted octanol–water partition coefficient (Wildman–Crippen LogP) is 0.545. The molecule has 1 saturated heterocycles. The summed E-state index contributed by atoms with van der Waals surface area (Å²) in [6.45, 7) is 2.16. The highest BCUT2D eigenvalue weighted by atomic mass is 35.5. The number of piperidine rings is 1. The molecule has 1 aromatic rings. The molecule has 5 N–H and O–H groups in total. The first-order valence-electron chi connectivity index (χ1n) is 4.65. The summed E-state index contributed by atoms with van der Waals surface area (Å²) in [6.07, 6.45) is 4.03. The first kappa shape index (κ1) is 17.8. The Kier molecular flexibility index (Phi) is 9.46. The maximum absolute atomic E-state index is 5.53. The van der Waals surface area contributed by atoms with E-state index in [9.17, 15) is 0 Å². The molecule has 0 radical (unpaired) electrons. The average Bonchev–Trinajstić information content (AvgIpc) is 2.19. The number of nitrogens with one attached hydrogen (secondary N) is 1. The van der Waals surface area contributed by atoms with Gasteiger partial charge < -0.3 is 16.5 Å². The molecule has 1 aromatic heterocycles. The summed E-state index contributed by atoms with van der Waals surface area (Å²) < 4.78 is 0. The molecule has 16 heavy (non-hydrogen) atoms. The van der Waals surface area contributed by atoms with Crippen molar-refractivity contribution in [1.82, 2.24) is 15.3 Å². The van der Waals surface area contributed by atoms with Crippen molar-refractivity contribution in [3.63, 3.8) is 0 Å². The molecular formula is C9H18Cl2N4O. The number of hydrogen-bond acceptors (Lipinski definition) is 4. The van der Waals surface area contributed by atoms with E-state index in [-0.39, 0.29) is 30.3 Å². The summed E-state index contributed by atoms with van der Waals surface area (Å²) in [5.74, 6) is 0.947. The maximum Gasteiger partial charge on any atom is 0.220 e. The van der Waals surface area contributed by atoms with Gasteiger partial charge in [-0.15, -0.1) is 24.8 Å². The summed E-state index contributed by atoms with van der Waals surface area (Å²) >= 11 is 0. The van der Waals surface area contributed by atoms with Gasteiger partial charge in [0, 0.05) is 17.8 Å². The van der Waals surface area contributed by atoms with Gasteiger partial charge in [0.25, 0.3) is 0 Å². The molecule has 0 atom stereocenters. The molecule has 0 saturated carbocycles. The molecule has 1 fully saturated rings. The van der Waals surface area contributed by atoms with E-state index in [1.165, 1.54) is 0 Å². The van der Waals surface area contributed by atoms with Crippen molar-refractivity contribution in [3.8, 4) is 0 Å². The second-order valence-corrected chi connectivity index (χ2v) is 3.36. The molecule has 2 rings (SSSR count). The van der Waals surface area contributed by atoms with Crippen LogP contribution in [0.25, 0.3) is 0 Å². The highest BCUT2D eigenvalue weighted by molar-refractivity contribution is 5.85. The fourth-order valence-electron chi connectivity index (χ4n) is 1.73. The van der Waals surface area contributed by atoms with E-state index in [0.29, 0.717) is 11.9 Å². The lowest BCUT2D eigenvalue weighted by Crippen LogP contribution is -2.27. The van der Waals surface area contributed by atoms with Crippen LogP contribution in [-0.4, -0.2) is 28.5 Å². The number of hydrogen-bond donors (Lipinski definition) is 2. The van der Waals surface area contributed by atoms with Gasteiger partial charge in [0.2, 0.25) is 5.95 Å². The third-order valence-electron chi connectivity index (χ3n) is 2.45. The number of nitrogen functional groups attached to an aromatic ring is 1. The zero-order valence-electron chi connectivity index (χ0n) is 8.85. The molecule has 2 heterocycles. The fourth-order valence-corrected chi connectivity index (χ4v) is 1.73. The van der Waals surface area contributed by atoms with Crippen LogP contribution in [0.2, 0.25) is 0 Å². The quantitative estimate of drug-likeness (QED) is 0.778. The van der Waals surface area contributed by atoms with Crippen LogP contribution in [0.1, 0.15) is 24.5 Å². The largest absolute Gasteiger partial charge is 0.412 e. The lowest BCUT2D eigenvalue weighted by atomic mass is 9.94. The van der Waals surface area contributed by atoms with Crippen molar-refractivity contribution in [2.75, 3.05) is 18.8 Å². The normalized spacial score (nSPS) is 15.2. The van der Waals surface area contributed by atoms with E-state index in [1.807, 2.05) is 6.07 Å². The monoisotopic (exact) mass is 268 g/mol. The van der Waals surface area contributed by atoms with Crippen molar-refractivity contribution in [2.45, 2.75) is 18.8 Å². The van der Waals surface area contributed by atoms with E-state index in [1.54, 1.807) is 6.20 Å². The minimum Gasteiger partial charge on any atom is -0.412 e. The van der Waals surface area contributed by atoms with Crippen LogP contribution in [0.15, 0.2) is 12.3 Å². The highest BCUT2D eigenvalue weighted by Crippen LogP contribution is 2.22. The molecule has 94 valence electrons. The molecule has 0 aliphatic carbocycles. The fraction of sp³-hybridized carbons (Fsp3) is 0.556. The van der Waals surface area contributed by atoms with Gasteiger partial charge in [0.05, 0.1) is 0 Å². The number of nitrogens with two attached hydrogens (primary N) is 1. The van der Waals surface area contributed by atoms with E-state index >= 15 is 0 Å². The van der Waals surface area contributed by atoms with Crippen LogP contribution >= 0.6 is 24.8 Å². The van der Waals surface area contributed by atoms with Crippen molar-refractivity contribution >= 4 is 30.8 Å². The van der Waals surface area contributed by atoms with Crippen LogP contribution in [-0.2, 0) is 0 Å². The van der Waals surface area contributed by atoms with Gasteiger partial charge in [-0.3, -0.25) is 0 Å². The van der Waals surface area contributed by atoms with Gasteiger partial charge in [-0.1, -0.05) is 0 Å². The van der Waals surface area contributed by atoms with Gasteiger partial charge >= 0.3 is 0 Å². The molecule has 0 amide bonds. The summed E-state index contributed by atoms with van der Waals surface area (Å²) in [6, 6.07) is 1.96. The van der Waals surface area contributed by atoms with Gasteiger partial charge in [-0.2, -0.15) is 0 Å². The van der Waals surface area contributed by atoms with Crippen molar-refractivity contribution in [3.05, 3.63) is 18.0 Å². The van der Waals surface area contributed by atoms with Crippen molar-refractivity contribution < 1.29 is 5.48 Å². The van der Waals surface area contributed by atoms with Gasteiger partial charge in [-0.25, -0.2) is 9.97 Å².